The number of carbonyl (C=O) groups is 1. The third kappa shape index (κ3) is 4.31. The quantitative estimate of drug-likeness (QED) is 0.766. The van der Waals surface area contributed by atoms with Gasteiger partial charge in [-0.1, -0.05) is 34.1 Å². The second-order valence-corrected chi connectivity index (χ2v) is 5.76. The Hall–Kier alpha value is -1.85. The molecule has 0 heterocycles. The summed E-state index contributed by atoms with van der Waals surface area (Å²) in [6.45, 7) is 3.61. The Balaban J connectivity index is 2.08. The molecular formula is C16H17BrN2O2. The Kier molecular flexibility index (Phi) is 4.98. The van der Waals surface area contributed by atoms with Gasteiger partial charge in [0.2, 0.25) is 0 Å². The summed E-state index contributed by atoms with van der Waals surface area (Å²) in [7, 11) is 0. The van der Waals surface area contributed by atoms with Crippen molar-refractivity contribution in [3.05, 3.63) is 58.1 Å². The van der Waals surface area contributed by atoms with Crippen LogP contribution >= 0.6 is 15.9 Å². The number of hydrogen-bond donors (Lipinski definition) is 3. The zero-order valence-corrected chi connectivity index (χ0v) is 13.4. The molecule has 0 radical (unpaired) electrons. The van der Waals surface area contributed by atoms with Gasteiger partial charge in [-0.3, -0.25) is 0 Å². The zero-order valence-electron chi connectivity index (χ0n) is 11.9. The van der Waals surface area contributed by atoms with Crippen LogP contribution in [0.5, 0.6) is 0 Å². The molecule has 2 aromatic carbocycles. The van der Waals surface area contributed by atoms with Crippen molar-refractivity contribution in [1.82, 2.24) is 0 Å². The number of urea groups is 1. The zero-order chi connectivity index (χ0) is 15.4. The van der Waals surface area contributed by atoms with E-state index in [1.54, 1.807) is 25.1 Å². The molecule has 3 N–H and O–H groups in total. The molecule has 2 amide bonds. The maximum absolute atomic E-state index is 12.0. The van der Waals surface area contributed by atoms with Crippen molar-refractivity contribution in [3.8, 4) is 0 Å². The molecule has 2 aromatic rings. The van der Waals surface area contributed by atoms with E-state index in [4.69, 9.17) is 0 Å². The van der Waals surface area contributed by atoms with Gasteiger partial charge in [0.05, 0.1) is 6.10 Å². The third-order valence-corrected chi connectivity index (χ3v) is 3.57. The lowest BCUT2D eigenvalue weighted by molar-refractivity contribution is 0.199. The number of aliphatic hydroxyl groups is 1. The first-order valence-electron chi connectivity index (χ1n) is 6.58. The van der Waals surface area contributed by atoms with Crippen molar-refractivity contribution in [3.63, 3.8) is 0 Å². The van der Waals surface area contributed by atoms with Crippen molar-refractivity contribution < 1.29 is 9.90 Å². The lowest BCUT2D eigenvalue weighted by atomic mass is 10.1. The van der Waals surface area contributed by atoms with Crippen LogP contribution in [-0.2, 0) is 0 Å². The highest BCUT2D eigenvalue weighted by molar-refractivity contribution is 9.10. The average molecular weight is 349 g/mol. The Morgan fingerprint density at radius 1 is 1.19 bits per heavy atom. The fraction of sp³-hybridized carbons (Fsp3) is 0.188. The summed E-state index contributed by atoms with van der Waals surface area (Å²) in [5.74, 6) is 0. The molecule has 0 aromatic heterocycles. The van der Waals surface area contributed by atoms with Crippen LogP contribution in [0, 0.1) is 6.92 Å². The number of carbonyl (C=O) groups excluding carboxylic acids is 1. The van der Waals surface area contributed by atoms with E-state index in [0.29, 0.717) is 5.69 Å². The Bertz CT molecular complexity index is 656. The van der Waals surface area contributed by atoms with Gasteiger partial charge in [0.25, 0.3) is 0 Å². The first-order valence-corrected chi connectivity index (χ1v) is 7.37. The van der Waals surface area contributed by atoms with Crippen LogP contribution in [0.4, 0.5) is 16.2 Å². The summed E-state index contributed by atoms with van der Waals surface area (Å²) in [6, 6.07) is 12.5. The van der Waals surface area contributed by atoms with E-state index in [0.717, 1.165) is 21.3 Å². The van der Waals surface area contributed by atoms with Crippen LogP contribution in [-0.4, -0.2) is 11.1 Å². The maximum atomic E-state index is 12.0. The van der Waals surface area contributed by atoms with Crippen LogP contribution in [0.25, 0.3) is 0 Å². The molecule has 5 heteroatoms. The fourth-order valence-corrected chi connectivity index (χ4v) is 2.25. The van der Waals surface area contributed by atoms with Crippen molar-refractivity contribution in [2.24, 2.45) is 0 Å². The standard InChI is InChI=1S/C16H17BrN2O2/c1-10-6-7-13(17)9-15(10)19-16(21)18-14-5-3-4-12(8-14)11(2)20/h3-9,11,20H,1-2H3,(H2,18,19,21). The van der Waals surface area contributed by atoms with Crippen LogP contribution in [0.1, 0.15) is 24.2 Å². The molecule has 21 heavy (non-hydrogen) atoms. The highest BCUT2D eigenvalue weighted by atomic mass is 79.9. The topological polar surface area (TPSA) is 61.4 Å². The minimum Gasteiger partial charge on any atom is -0.389 e. The molecular weight excluding hydrogens is 332 g/mol. The first kappa shape index (κ1) is 15.5. The van der Waals surface area contributed by atoms with Crippen molar-refractivity contribution >= 4 is 33.3 Å². The third-order valence-electron chi connectivity index (χ3n) is 3.07. The highest BCUT2D eigenvalue weighted by Crippen LogP contribution is 2.21. The van der Waals surface area contributed by atoms with Gasteiger partial charge in [0, 0.05) is 15.8 Å². The normalized spacial score (nSPS) is 11.8. The highest BCUT2D eigenvalue weighted by Gasteiger charge is 2.07. The van der Waals surface area contributed by atoms with Gasteiger partial charge in [0.1, 0.15) is 0 Å². The van der Waals surface area contributed by atoms with E-state index < -0.39 is 6.10 Å². The number of hydrogen-bond acceptors (Lipinski definition) is 2. The lowest BCUT2D eigenvalue weighted by Gasteiger charge is -2.12. The summed E-state index contributed by atoms with van der Waals surface area (Å²) >= 11 is 3.38. The number of halogens is 1. The van der Waals surface area contributed by atoms with Crippen molar-refractivity contribution in [1.29, 1.82) is 0 Å². The number of anilines is 2. The molecule has 0 saturated heterocycles. The van der Waals surface area contributed by atoms with Gasteiger partial charge >= 0.3 is 6.03 Å². The molecule has 0 saturated carbocycles. The van der Waals surface area contributed by atoms with Crippen LogP contribution in [0.3, 0.4) is 0 Å². The predicted octanol–water partition coefficient (Wildman–Crippen LogP) is 4.45. The monoisotopic (exact) mass is 348 g/mol. The SMILES string of the molecule is Cc1ccc(Br)cc1NC(=O)Nc1cccc(C(C)O)c1. The van der Waals surface area contributed by atoms with E-state index >= 15 is 0 Å². The molecule has 0 spiro atoms. The number of aliphatic hydroxyl groups excluding tert-OH is 1. The minimum atomic E-state index is -0.567. The molecule has 0 aliphatic carbocycles. The Morgan fingerprint density at radius 2 is 1.95 bits per heavy atom. The molecule has 1 unspecified atom stereocenters. The van der Waals surface area contributed by atoms with Gasteiger partial charge in [-0.15, -0.1) is 0 Å². The molecule has 0 aliphatic rings. The number of nitrogens with one attached hydrogen (secondary N) is 2. The summed E-state index contributed by atoms with van der Waals surface area (Å²) in [5, 5.41) is 15.1. The summed E-state index contributed by atoms with van der Waals surface area (Å²) in [6.07, 6.45) is -0.567. The first-order chi connectivity index (χ1) is 9.95. The van der Waals surface area contributed by atoms with E-state index in [1.165, 1.54) is 0 Å². The molecule has 0 bridgehead atoms. The summed E-state index contributed by atoms with van der Waals surface area (Å²) in [5.41, 5.74) is 3.12. The van der Waals surface area contributed by atoms with E-state index in [9.17, 15) is 9.90 Å². The van der Waals surface area contributed by atoms with Crippen LogP contribution in [0.2, 0.25) is 0 Å². The molecule has 0 aliphatic heterocycles. The largest absolute Gasteiger partial charge is 0.389 e. The lowest BCUT2D eigenvalue weighted by Crippen LogP contribution is -2.20. The molecule has 2 rings (SSSR count). The van der Waals surface area contributed by atoms with Gasteiger partial charge in [-0.05, 0) is 49.2 Å². The number of amides is 2. The van der Waals surface area contributed by atoms with Crippen molar-refractivity contribution in [2.75, 3.05) is 10.6 Å². The number of rotatable bonds is 3. The van der Waals surface area contributed by atoms with E-state index in [-0.39, 0.29) is 6.03 Å². The van der Waals surface area contributed by atoms with Crippen LogP contribution in [0.15, 0.2) is 46.9 Å². The molecule has 110 valence electrons. The Morgan fingerprint density at radius 3 is 2.67 bits per heavy atom. The number of benzene rings is 2. The van der Waals surface area contributed by atoms with Gasteiger partial charge in [0.15, 0.2) is 0 Å². The van der Waals surface area contributed by atoms with E-state index in [1.807, 2.05) is 31.2 Å². The number of aryl methyl sites for hydroxylation is 1. The maximum Gasteiger partial charge on any atom is 0.323 e. The molecule has 1 atom stereocenters. The average Bonchev–Trinajstić information content (AvgIpc) is 2.43. The molecule has 0 fully saturated rings. The second-order valence-electron chi connectivity index (χ2n) is 4.84. The second kappa shape index (κ2) is 6.74. The fourth-order valence-electron chi connectivity index (χ4n) is 1.89. The van der Waals surface area contributed by atoms with Gasteiger partial charge < -0.3 is 15.7 Å². The van der Waals surface area contributed by atoms with Crippen LogP contribution < -0.4 is 10.6 Å². The van der Waals surface area contributed by atoms with Crippen molar-refractivity contribution in [2.45, 2.75) is 20.0 Å². The summed E-state index contributed by atoms with van der Waals surface area (Å²) < 4.78 is 0.902. The summed E-state index contributed by atoms with van der Waals surface area (Å²) in [4.78, 5) is 12.0. The van der Waals surface area contributed by atoms with Gasteiger partial charge in [-0.2, -0.15) is 0 Å². The minimum absolute atomic E-state index is 0.320. The van der Waals surface area contributed by atoms with Gasteiger partial charge in [-0.25, -0.2) is 4.79 Å². The predicted molar refractivity (Wildman–Crippen MR) is 88.6 cm³/mol. The smallest absolute Gasteiger partial charge is 0.323 e. The molecule has 4 nitrogen and oxygen atoms in total. The Labute approximate surface area is 132 Å². The van der Waals surface area contributed by atoms with E-state index in [2.05, 4.69) is 26.6 Å².